The molecular weight excluding hydrogens is 356 g/mol. The quantitative estimate of drug-likeness (QED) is 0.612. The van der Waals surface area contributed by atoms with Crippen LogP contribution in [0.5, 0.6) is 0 Å². The second-order valence-electron chi connectivity index (χ2n) is 7.82. The number of thiophene rings is 1. The molecule has 0 unspecified atom stereocenters. The molecule has 1 atom stereocenters. The molecule has 27 heavy (non-hydrogen) atoms. The SMILES string of the molecule is Cc1cc2oc(=O)cc(C[NH2+]C[C@@H](c3cccs3)[NH+](C)C)c2cc1C(C)C. The highest BCUT2D eigenvalue weighted by molar-refractivity contribution is 7.10. The van der Waals surface area contributed by atoms with Crippen LogP contribution in [0.15, 0.2) is 44.9 Å². The molecule has 1 aromatic carbocycles. The lowest BCUT2D eigenvalue weighted by molar-refractivity contribution is -0.910. The molecule has 2 aromatic heterocycles. The fourth-order valence-corrected chi connectivity index (χ4v) is 4.68. The van der Waals surface area contributed by atoms with E-state index in [0.717, 1.165) is 24.0 Å². The molecule has 0 radical (unpaired) electrons. The highest BCUT2D eigenvalue weighted by Gasteiger charge is 2.21. The number of fused-ring (bicyclic) bond motifs is 1. The fraction of sp³-hybridized carbons (Fsp3) is 0.409. The number of nitrogens with two attached hydrogens (primary N) is 1. The molecule has 0 bridgehead atoms. The van der Waals surface area contributed by atoms with Crippen molar-refractivity contribution < 1.29 is 14.6 Å². The second-order valence-corrected chi connectivity index (χ2v) is 8.80. The van der Waals surface area contributed by atoms with Crippen molar-refractivity contribution in [2.45, 2.75) is 39.3 Å². The molecule has 0 spiro atoms. The smallest absolute Gasteiger partial charge is 0.336 e. The Kier molecular flexibility index (Phi) is 6.15. The van der Waals surface area contributed by atoms with Gasteiger partial charge in [0.25, 0.3) is 0 Å². The first-order valence-electron chi connectivity index (χ1n) is 9.59. The van der Waals surface area contributed by atoms with Gasteiger partial charge in [0.05, 0.1) is 19.0 Å². The largest absolute Gasteiger partial charge is 0.423 e. The van der Waals surface area contributed by atoms with E-state index in [1.165, 1.54) is 20.9 Å². The minimum atomic E-state index is -0.268. The van der Waals surface area contributed by atoms with Crippen LogP contribution < -0.4 is 15.8 Å². The van der Waals surface area contributed by atoms with E-state index in [-0.39, 0.29) is 5.63 Å². The lowest BCUT2D eigenvalue weighted by Gasteiger charge is -2.19. The summed E-state index contributed by atoms with van der Waals surface area (Å²) in [5.74, 6) is 0.443. The minimum absolute atomic E-state index is 0.268. The zero-order chi connectivity index (χ0) is 19.6. The third-order valence-corrected chi connectivity index (χ3v) is 6.17. The van der Waals surface area contributed by atoms with Crippen molar-refractivity contribution in [1.82, 2.24) is 0 Å². The fourth-order valence-electron chi connectivity index (χ4n) is 3.71. The number of nitrogens with one attached hydrogen (secondary N) is 1. The van der Waals surface area contributed by atoms with Gasteiger partial charge < -0.3 is 14.6 Å². The van der Waals surface area contributed by atoms with E-state index in [0.29, 0.717) is 17.5 Å². The van der Waals surface area contributed by atoms with Gasteiger partial charge in [0.15, 0.2) is 6.04 Å². The summed E-state index contributed by atoms with van der Waals surface area (Å²) >= 11 is 1.81. The first-order chi connectivity index (χ1) is 12.9. The minimum Gasteiger partial charge on any atom is -0.423 e. The van der Waals surface area contributed by atoms with Crippen molar-refractivity contribution >= 4 is 22.3 Å². The average Bonchev–Trinajstić information content (AvgIpc) is 3.11. The maximum atomic E-state index is 12.0. The first-order valence-corrected chi connectivity index (χ1v) is 10.5. The third-order valence-electron chi connectivity index (χ3n) is 5.19. The molecule has 0 aliphatic rings. The number of hydrogen-bond donors (Lipinski definition) is 2. The summed E-state index contributed by atoms with van der Waals surface area (Å²) in [7, 11) is 4.39. The molecule has 0 aliphatic carbocycles. The number of quaternary nitrogens is 2. The second kappa shape index (κ2) is 8.38. The average molecular weight is 387 g/mol. The summed E-state index contributed by atoms with van der Waals surface area (Å²) in [6.45, 7) is 8.24. The predicted molar refractivity (Wildman–Crippen MR) is 112 cm³/mol. The molecular formula is C22H30N2O2S+2. The Morgan fingerprint density at radius 2 is 2.00 bits per heavy atom. The summed E-state index contributed by atoms with van der Waals surface area (Å²) < 4.78 is 5.47. The number of likely N-dealkylation sites (N-methyl/N-ethyl adjacent to an activating group) is 1. The van der Waals surface area contributed by atoms with Crippen LogP contribution in [0.25, 0.3) is 11.0 Å². The van der Waals surface area contributed by atoms with Crippen molar-refractivity contribution in [3.05, 3.63) is 67.7 Å². The molecule has 3 aromatic rings. The highest BCUT2D eigenvalue weighted by Crippen LogP contribution is 2.26. The van der Waals surface area contributed by atoms with E-state index in [1.54, 1.807) is 6.07 Å². The molecule has 0 saturated carbocycles. The highest BCUT2D eigenvalue weighted by atomic mass is 32.1. The third kappa shape index (κ3) is 4.49. The number of rotatable bonds is 7. The predicted octanol–water partition coefficient (Wildman–Crippen LogP) is 2.24. The molecule has 144 valence electrons. The summed E-state index contributed by atoms with van der Waals surface area (Å²) in [5, 5.41) is 5.50. The number of aryl methyl sites for hydroxylation is 1. The van der Waals surface area contributed by atoms with E-state index in [2.05, 4.69) is 63.8 Å². The molecule has 0 saturated heterocycles. The Morgan fingerprint density at radius 1 is 1.22 bits per heavy atom. The maximum absolute atomic E-state index is 12.0. The zero-order valence-corrected chi connectivity index (χ0v) is 17.7. The maximum Gasteiger partial charge on any atom is 0.336 e. The normalized spacial score (nSPS) is 13.0. The number of hydrogen-bond acceptors (Lipinski definition) is 3. The molecule has 4 nitrogen and oxygen atoms in total. The van der Waals surface area contributed by atoms with Crippen LogP contribution in [-0.2, 0) is 6.54 Å². The molecule has 0 amide bonds. The van der Waals surface area contributed by atoms with Crippen LogP contribution >= 0.6 is 11.3 Å². The van der Waals surface area contributed by atoms with Crippen LogP contribution in [0.3, 0.4) is 0 Å². The topological polar surface area (TPSA) is 51.3 Å². The zero-order valence-electron chi connectivity index (χ0n) is 16.8. The van der Waals surface area contributed by atoms with Gasteiger partial charge >= 0.3 is 5.63 Å². The van der Waals surface area contributed by atoms with Gasteiger partial charge in [-0.15, -0.1) is 11.3 Å². The van der Waals surface area contributed by atoms with Gasteiger partial charge in [-0.25, -0.2) is 4.79 Å². The van der Waals surface area contributed by atoms with Crippen molar-refractivity contribution in [2.24, 2.45) is 0 Å². The van der Waals surface area contributed by atoms with Crippen LogP contribution in [0.2, 0.25) is 0 Å². The van der Waals surface area contributed by atoms with E-state index >= 15 is 0 Å². The number of benzene rings is 1. The lowest BCUT2D eigenvalue weighted by atomic mass is 9.95. The van der Waals surface area contributed by atoms with Crippen LogP contribution in [0, 0.1) is 6.92 Å². The summed E-state index contributed by atoms with van der Waals surface area (Å²) in [6, 6.07) is 10.6. The van der Waals surface area contributed by atoms with Crippen molar-refractivity contribution in [2.75, 3.05) is 20.6 Å². The first kappa shape index (κ1) is 19.8. The Morgan fingerprint density at radius 3 is 2.63 bits per heavy atom. The van der Waals surface area contributed by atoms with Crippen LogP contribution in [0.4, 0.5) is 0 Å². The summed E-state index contributed by atoms with van der Waals surface area (Å²) in [5.41, 5.74) is 3.97. The van der Waals surface area contributed by atoms with E-state index in [9.17, 15) is 4.79 Å². The van der Waals surface area contributed by atoms with Gasteiger partial charge in [-0.3, -0.25) is 0 Å². The molecule has 2 heterocycles. The molecule has 3 N–H and O–H groups in total. The monoisotopic (exact) mass is 386 g/mol. The van der Waals surface area contributed by atoms with Crippen molar-refractivity contribution in [1.29, 1.82) is 0 Å². The lowest BCUT2D eigenvalue weighted by Crippen LogP contribution is -3.09. The standard InChI is InChI=1S/C22H28N2O2S/c1-14(2)17-11-18-16(10-22(25)26-20(18)9-15(17)3)12-23-13-19(24(4)5)21-7-6-8-27-21/h6-11,14,19,23H,12-13H2,1-5H3/p+2/t19-/m0/s1. The molecule has 0 fully saturated rings. The van der Waals surface area contributed by atoms with Crippen LogP contribution in [-0.4, -0.2) is 20.6 Å². The van der Waals surface area contributed by atoms with Crippen molar-refractivity contribution in [3.63, 3.8) is 0 Å². The van der Waals surface area contributed by atoms with Gasteiger partial charge in [-0.2, -0.15) is 0 Å². The van der Waals surface area contributed by atoms with Gasteiger partial charge in [0, 0.05) is 17.0 Å². The Balaban J connectivity index is 1.85. The molecule has 0 aliphatic heterocycles. The van der Waals surface area contributed by atoms with E-state index in [4.69, 9.17) is 4.42 Å². The van der Waals surface area contributed by atoms with Gasteiger partial charge in [0.2, 0.25) is 0 Å². The van der Waals surface area contributed by atoms with Crippen LogP contribution in [0.1, 0.15) is 47.4 Å². The van der Waals surface area contributed by atoms with Gasteiger partial charge in [-0.05, 0) is 47.5 Å². The summed E-state index contributed by atoms with van der Waals surface area (Å²) in [4.78, 5) is 14.9. The Bertz CT molecular complexity index is 958. The Hall–Kier alpha value is -1.95. The molecule has 5 heteroatoms. The summed E-state index contributed by atoms with van der Waals surface area (Å²) in [6.07, 6.45) is 0. The van der Waals surface area contributed by atoms with Gasteiger partial charge in [0.1, 0.15) is 18.7 Å². The van der Waals surface area contributed by atoms with E-state index in [1.807, 2.05) is 17.4 Å². The van der Waals surface area contributed by atoms with Crippen molar-refractivity contribution in [3.8, 4) is 0 Å². The van der Waals surface area contributed by atoms with Gasteiger partial charge in [-0.1, -0.05) is 19.9 Å². The van der Waals surface area contributed by atoms with E-state index < -0.39 is 0 Å². The Labute approximate surface area is 164 Å². The molecule has 3 rings (SSSR count).